The van der Waals surface area contributed by atoms with Crippen molar-refractivity contribution < 1.29 is 0 Å². The van der Waals surface area contributed by atoms with Gasteiger partial charge in [0.05, 0.1) is 0 Å². The van der Waals surface area contributed by atoms with Gasteiger partial charge < -0.3 is 10.7 Å². The molecule has 3 heteroatoms. The Balaban J connectivity index is 2.58. The van der Waals surface area contributed by atoms with Crippen molar-refractivity contribution in [3.8, 4) is 0 Å². The van der Waals surface area contributed by atoms with Crippen LogP contribution in [0, 0.1) is 0 Å². The third-order valence-corrected chi connectivity index (χ3v) is 2.44. The maximum Gasteiger partial charge on any atom is 0.0457 e. The van der Waals surface area contributed by atoms with Crippen molar-refractivity contribution in [3.63, 3.8) is 0 Å². The molecule has 0 aliphatic heterocycles. The molecule has 0 radical (unpaired) electrons. The number of hydrogen-bond donors (Lipinski definition) is 3. The minimum atomic E-state index is 0.684. The van der Waals surface area contributed by atoms with E-state index < -0.39 is 0 Å². The van der Waals surface area contributed by atoms with Gasteiger partial charge in [-0.05, 0) is 36.7 Å². The second-order valence-corrected chi connectivity index (χ2v) is 3.60. The Labute approximate surface area is 82.5 Å². The predicted octanol–water partition coefficient (Wildman–Crippen LogP) is 1.96. The maximum atomic E-state index is 5.52. The van der Waals surface area contributed by atoms with Crippen molar-refractivity contribution in [3.05, 3.63) is 30.0 Å². The summed E-state index contributed by atoms with van der Waals surface area (Å²) < 4.78 is 0. The van der Waals surface area contributed by atoms with E-state index in [-0.39, 0.29) is 0 Å². The Kier molecular flexibility index (Phi) is 2.29. The molecule has 68 valence electrons. The molecular formula is C10H12N2S. The van der Waals surface area contributed by atoms with Crippen molar-refractivity contribution in [2.75, 3.05) is 6.54 Å². The van der Waals surface area contributed by atoms with Crippen molar-refractivity contribution in [1.29, 1.82) is 0 Å². The quantitative estimate of drug-likeness (QED) is 0.625. The number of fused-ring (bicyclic) bond motifs is 1. The van der Waals surface area contributed by atoms with Crippen LogP contribution >= 0.6 is 12.6 Å². The molecule has 1 heterocycles. The summed E-state index contributed by atoms with van der Waals surface area (Å²) >= 11 is 4.31. The normalized spacial score (nSPS) is 10.9. The third-order valence-electron chi connectivity index (χ3n) is 2.16. The zero-order valence-electron chi connectivity index (χ0n) is 7.25. The minimum absolute atomic E-state index is 0.684. The average molecular weight is 192 g/mol. The lowest BCUT2D eigenvalue weighted by atomic mass is 10.1. The van der Waals surface area contributed by atoms with Crippen molar-refractivity contribution in [2.24, 2.45) is 5.73 Å². The molecule has 0 amide bonds. The molecule has 0 atom stereocenters. The molecule has 1 aromatic carbocycles. The smallest absolute Gasteiger partial charge is 0.0457 e. The van der Waals surface area contributed by atoms with Gasteiger partial charge in [0.2, 0.25) is 0 Å². The number of nitrogens with two attached hydrogens (primary N) is 1. The van der Waals surface area contributed by atoms with Crippen molar-refractivity contribution in [1.82, 2.24) is 4.98 Å². The zero-order valence-corrected chi connectivity index (χ0v) is 8.14. The van der Waals surface area contributed by atoms with Gasteiger partial charge in [-0.2, -0.15) is 0 Å². The summed E-state index contributed by atoms with van der Waals surface area (Å²) in [6.45, 7) is 0.684. The van der Waals surface area contributed by atoms with Crippen LogP contribution in [0.1, 0.15) is 5.56 Å². The van der Waals surface area contributed by atoms with Crippen LogP contribution < -0.4 is 5.73 Å². The molecule has 0 aliphatic rings. The van der Waals surface area contributed by atoms with Crippen LogP contribution in [0.5, 0.6) is 0 Å². The van der Waals surface area contributed by atoms with E-state index >= 15 is 0 Å². The Morgan fingerprint density at radius 3 is 3.00 bits per heavy atom. The van der Waals surface area contributed by atoms with Crippen LogP contribution in [0.3, 0.4) is 0 Å². The number of thiol groups is 1. The van der Waals surface area contributed by atoms with Gasteiger partial charge in [-0.15, -0.1) is 12.6 Å². The molecule has 0 spiro atoms. The van der Waals surface area contributed by atoms with E-state index in [1.165, 1.54) is 10.9 Å². The fourth-order valence-corrected chi connectivity index (χ4v) is 1.73. The standard InChI is InChI=1S/C10H12N2S/c11-4-3-7-6-12-10-2-1-8(13)5-9(7)10/h1-2,5-6,12-13H,3-4,11H2. The first-order chi connectivity index (χ1) is 6.31. The number of nitrogens with one attached hydrogen (secondary N) is 1. The van der Waals surface area contributed by atoms with Gasteiger partial charge in [-0.3, -0.25) is 0 Å². The summed E-state index contributed by atoms with van der Waals surface area (Å²) in [6, 6.07) is 6.09. The minimum Gasteiger partial charge on any atom is -0.361 e. The highest BCUT2D eigenvalue weighted by molar-refractivity contribution is 7.80. The molecule has 0 saturated heterocycles. The zero-order chi connectivity index (χ0) is 9.26. The lowest BCUT2D eigenvalue weighted by Crippen LogP contribution is -2.01. The molecule has 0 unspecified atom stereocenters. The van der Waals surface area contributed by atoms with Crippen LogP contribution in [0.25, 0.3) is 10.9 Å². The highest BCUT2D eigenvalue weighted by atomic mass is 32.1. The van der Waals surface area contributed by atoms with Gasteiger partial charge in [0.15, 0.2) is 0 Å². The molecule has 0 bridgehead atoms. The highest BCUT2D eigenvalue weighted by Gasteiger charge is 2.02. The summed E-state index contributed by atoms with van der Waals surface area (Å²) in [5.74, 6) is 0. The van der Waals surface area contributed by atoms with E-state index in [9.17, 15) is 0 Å². The fourth-order valence-electron chi connectivity index (χ4n) is 1.53. The SMILES string of the molecule is NCCc1c[nH]c2ccc(S)cc12. The summed E-state index contributed by atoms with van der Waals surface area (Å²) in [7, 11) is 0. The third kappa shape index (κ3) is 1.57. The van der Waals surface area contributed by atoms with Crippen LogP contribution in [-0.4, -0.2) is 11.5 Å². The monoisotopic (exact) mass is 192 g/mol. The number of rotatable bonds is 2. The summed E-state index contributed by atoms with van der Waals surface area (Å²) in [6.07, 6.45) is 2.93. The van der Waals surface area contributed by atoms with Crippen molar-refractivity contribution in [2.45, 2.75) is 11.3 Å². The van der Waals surface area contributed by atoms with Gasteiger partial charge in [-0.25, -0.2) is 0 Å². The van der Waals surface area contributed by atoms with Gasteiger partial charge in [0.1, 0.15) is 0 Å². The number of aromatic nitrogens is 1. The van der Waals surface area contributed by atoms with Crippen LogP contribution in [0.4, 0.5) is 0 Å². The first-order valence-corrected chi connectivity index (χ1v) is 4.75. The molecule has 0 saturated carbocycles. The van der Waals surface area contributed by atoms with Gasteiger partial charge >= 0.3 is 0 Å². The Morgan fingerprint density at radius 2 is 2.23 bits per heavy atom. The van der Waals surface area contributed by atoms with E-state index in [0.717, 1.165) is 16.8 Å². The fraction of sp³-hybridized carbons (Fsp3) is 0.200. The van der Waals surface area contributed by atoms with E-state index in [0.29, 0.717) is 6.54 Å². The summed E-state index contributed by atoms with van der Waals surface area (Å²) in [5.41, 5.74) is 7.94. The molecular weight excluding hydrogens is 180 g/mol. The molecule has 2 aromatic rings. The topological polar surface area (TPSA) is 41.8 Å². The van der Waals surface area contributed by atoms with Crippen LogP contribution in [0.2, 0.25) is 0 Å². The molecule has 2 rings (SSSR count). The molecule has 13 heavy (non-hydrogen) atoms. The van der Waals surface area contributed by atoms with E-state index in [4.69, 9.17) is 5.73 Å². The second kappa shape index (κ2) is 3.44. The number of benzene rings is 1. The van der Waals surface area contributed by atoms with Gasteiger partial charge in [0.25, 0.3) is 0 Å². The van der Waals surface area contributed by atoms with E-state index in [1.54, 1.807) is 0 Å². The van der Waals surface area contributed by atoms with Crippen LogP contribution in [0.15, 0.2) is 29.3 Å². The van der Waals surface area contributed by atoms with Gasteiger partial charge in [-0.1, -0.05) is 0 Å². The number of hydrogen-bond acceptors (Lipinski definition) is 2. The Hall–Kier alpha value is -0.930. The first-order valence-electron chi connectivity index (χ1n) is 4.30. The largest absolute Gasteiger partial charge is 0.361 e. The molecule has 2 nitrogen and oxygen atoms in total. The van der Waals surface area contributed by atoms with Gasteiger partial charge in [0, 0.05) is 22.0 Å². The summed E-state index contributed by atoms with van der Waals surface area (Å²) in [5, 5.41) is 1.23. The lowest BCUT2D eigenvalue weighted by Gasteiger charge is -1.96. The molecule has 0 fully saturated rings. The molecule has 0 aliphatic carbocycles. The Morgan fingerprint density at radius 1 is 1.38 bits per heavy atom. The first kappa shape index (κ1) is 8.66. The molecule has 1 aromatic heterocycles. The number of aromatic amines is 1. The average Bonchev–Trinajstić information content (AvgIpc) is 2.49. The highest BCUT2D eigenvalue weighted by Crippen LogP contribution is 2.21. The summed E-state index contributed by atoms with van der Waals surface area (Å²) in [4.78, 5) is 4.20. The van der Waals surface area contributed by atoms with Crippen LogP contribution in [-0.2, 0) is 6.42 Å². The van der Waals surface area contributed by atoms with Crippen molar-refractivity contribution >= 4 is 23.5 Å². The second-order valence-electron chi connectivity index (χ2n) is 3.08. The lowest BCUT2D eigenvalue weighted by molar-refractivity contribution is 0.976. The maximum absolute atomic E-state index is 5.52. The predicted molar refractivity (Wildman–Crippen MR) is 58.3 cm³/mol. The van der Waals surface area contributed by atoms with E-state index in [1.807, 2.05) is 18.3 Å². The molecule has 3 N–H and O–H groups in total. The Bertz CT molecular complexity index is 420. The van der Waals surface area contributed by atoms with E-state index in [2.05, 4.69) is 23.7 Å². The number of H-pyrrole nitrogens is 1.